The normalized spacial score (nSPS) is 10.8. The van der Waals surface area contributed by atoms with Gasteiger partial charge < -0.3 is 10.1 Å². The number of ether oxygens (including phenoxy) is 1. The number of benzene rings is 1. The van der Waals surface area contributed by atoms with Crippen LogP contribution in [0, 0.1) is 6.92 Å². The van der Waals surface area contributed by atoms with Gasteiger partial charge in [-0.25, -0.2) is 4.98 Å². The molecule has 2 rings (SSSR count). The van der Waals surface area contributed by atoms with Crippen molar-refractivity contribution in [1.82, 2.24) is 4.98 Å². The first kappa shape index (κ1) is 14.0. The highest BCUT2D eigenvalue weighted by Gasteiger charge is 2.10. The summed E-state index contributed by atoms with van der Waals surface area (Å²) in [6.45, 7) is -0.585. The predicted octanol–water partition coefficient (Wildman–Crippen LogP) is 4.32. The Morgan fingerprint density at radius 1 is 1.47 bits per heavy atom. The quantitative estimate of drug-likeness (QED) is 0.893. The van der Waals surface area contributed by atoms with Crippen molar-refractivity contribution in [3.63, 3.8) is 0 Å². The van der Waals surface area contributed by atoms with Crippen molar-refractivity contribution in [3.8, 4) is 5.75 Å². The maximum Gasteiger partial charge on any atom is 0.387 e. The van der Waals surface area contributed by atoms with Crippen LogP contribution in [0.2, 0.25) is 4.47 Å². The Balaban J connectivity index is 2.10. The molecule has 1 aromatic heterocycles. The van der Waals surface area contributed by atoms with Gasteiger partial charge in [0.25, 0.3) is 0 Å². The highest BCUT2D eigenvalue weighted by atomic mass is 35.5. The second-order valence-electron chi connectivity index (χ2n) is 3.81. The summed E-state index contributed by atoms with van der Waals surface area (Å²) in [6.07, 6.45) is 1.64. The Kier molecular flexibility index (Phi) is 4.55. The van der Waals surface area contributed by atoms with Crippen LogP contribution in [0.5, 0.6) is 5.75 Å². The van der Waals surface area contributed by atoms with E-state index in [1.54, 1.807) is 18.3 Å². The number of aromatic nitrogens is 1. The molecule has 0 aliphatic carbocycles. The fourth-order valence-corrected chi connectivity index (χ4v) is 2.43. The monoisotopic (exact) mass is 304 g/mol. The molecule has 0 saturated carbocycles. The van der Waals surface area contributed by atoms with Gasteiger partial charge in [0.15, 0.2) is 4.47 Å². The summed E-state index contributed by atoms with van der Waals surface area (Å²) in [4.78, 5) is 4.82. The zero-order valence-corrected chi connectivity index (χ0v) is 11.6. The minimum atomic E-state index is -2.85. The third-order valence-electron chi connectivity index (χ3n) is 2.33. The molecule has 0 radical (unpaired) electrons. The number of halogens is 3. The van der Waals surface area contributed by atoms with Gasteiger partial charge >= 0.3 is 6.61 Å². The third kappa shape index (κ3) is 4.04. The Morgan fingerprint density at radius 2 is 2.26 bits per heavy atom. The average molecular weight is 305 g/mol. The fourth-order valence-electron chi connectivity index (χ4n) is 1.52. The van der Waals surface area contributed by atoms with Gasteiger partial charge in [0, 0.05) is 11.1 Å². The number of nitrogens with zero attached hydrogens (tertiary/aromatic N) is 1. The topological polar surface area (TPSA) is 34.2 Å². The second kappa shape index (κ2) is 6.16. The second-order valence-corrected chi connectivity index (χ2v) is 5.51. The molecule has 0 spiro atoms. The van der Waals surface area contributed by atoms with E-state index in [2.05, 4.69) is 15.0 Å². The molecule has 0 bridgehead atoms. The average Bonchev–Trinajstić information content (AvgIpc) is 2.73. The van der Waals surface area contributed by atoms with E-state index in [4.69, 9.17) is 11.6 Å². The van der Waals surface area contributed by atoms with E-state index in [0.717, 1.165) is 10.4 Å². The molecule has 1 heterocycles. The Hall–Kier alpha value is -1.40. The molecule has 2 aromatic rings. The summed E-state index contributed by atoms with van der Waals surface area (Å²) < 4.78 is 29.6. The van der Waals surface area contributed by atoms with E-state index >= 15 is 0 Å². The zero-order valence-electron chi connectivity index (χ0n) is 9.99. The summed E-state index contributed by atoms with van der Waals surface area (Å²) in [5.74, 6) is 0.130. The summed E-state index contributed by atoms with van der Waals surface area (Å²) in [5, 5.41) is 3.03. The lowest BCUT2D eigenvalue weighted by atomic mass is 10.2. The van der Waals surface area contributed by atoms with E-state index in [1.807, 2.05) is 13.0 Å². The van der Waals surface area contributed by atoms with E-state index in [1.165, 1.54) is 11.3 Å². The van der Waals surface area contributed by atoms with Crippen LogP contribution in [0.15, 0.2) is 24.4 Å². The van der Waals surface area contributed by atoms with Crippen LogP contribution in [0.1, 0.15) is 10.4 Å². The van der Waals surface area contributed by atoms with Crippen LogP contribution in [-0.2, 0) is 6.54 Å². The molecule has 7 heteroatoms. The molecule has 0 amide bonds. The minimum Gasteiger partial charge on any atom is -0.433 e. The molecule has 3 nitrogen and oxygen atoms in total. The first-order chi connectivity index (χ1) is 9.04. The van der Waals surface area contributed by atoms with Crippen LogP contribution in [-0.4, -0.2) is 11.6 Å². The van der Waals surface area contributed by atoms with Gasteiger partial charge in [-0.05, 0) is 24.6 Å². The first-order valence-electron chi connectivity index (χ1n) is 5.44. The van der Waals surface area contributed by atoms with E-state index in [9.17, 15) is 8.78 Å². The molecular weight excluding hydrogens is 294 g/mol. The van der Waals surface area contributed by atoms with Gasteiger partial charge in [-0.3, -0.25) is 0 Å². The minimum absolute atomic E-state index is 0.130. The highest BCUT2D eigenvalue weighted by Crippen LogP contribution is 2.28. The van der Waals surface area contributed by atoms with Crippen molar-refractivity contribution >= 4 is 28.6 Å². The molecule has 1 N–H and O–H groups in total. The first-order valence-corrected chi connectivity index (χ1v) is 6.63. The van der Waals surface area contributed by atoms with Crippen molar-refractivity contribution < 1.29 is 13.5 Å². The number of alkyl halides is 2. The lowest BCUT2D eigenvalue weighted by Gasteiger charge is -2.12. The van der Waals surface area contributed by atoms with Gasteiger partial charge in [-0.1, -0.05) is 17.7 Å². The molecular formula is C12H11ClF2N2OS. The number of hydrogen-bond donors (Lipinski definition) is 1. The van der Waals surface area contributed by atoms with Gasteiger partial charge in [-0.15, -0.1) is 11.3 Å². The molecule has 0 atom stereocenters. The van der Waals surface area contributed by atoms with Gasteiger partial charge in [0.2, 0.25) is 0 Å². The third-order valence-corrected chi connectivity index (χ3v) is 3.45. The summed E-state index contributed by atoms with van der Waals surface area (Å²) in [6, 6.07) is 5.09. The van der Waals surface area contributed by atoms with Crippen LogP contribution in [0.3, 0.4) is 0 Å². The zero-order chi connectivity index (χ0) is 13.8. The SMILES string of the molecule is Cc1ccc(NCc2cnc(Cl)s2)c(OC(F)F)c1. The largest absolute Gasteiger partial charge is 0.433 e. The van der Waals surface area contributed by atoms with Crippen molar-refractivity contribution in [2.24, 2.45) is 0 Å². The van der Waals surface area contributed by atoms with E-state index < -0.39 is 6.61 Å². The lowest BCUT2D eigenvalue weighted by molar-refractivity contribution is -0.0493. The maximum absolute atomic E-state index is 12.3. The molecule has 1 aromatic carbocycles. The number of hydrogen-bond acceptors (Lipinski definition) is 4. The maximum atomic E-state index is 12.3. The fraction of sp³-hybridized carbons (Fsp3) is 0.250. The number of rotatable bonds is 5. The lowest BCUT2D eigenvalue weighted by Crippen LogP contribution is -2.06. The van der Waals surface area contributed by atoms with E-state index in [-0.39, 0.29) is 5.75 Å². The molecule has 0 aliphatic rings. The predicted molar refractivity (Wildman–Crippen MR) is 72.3 cm³/mol. The van der Waals surface area contributed by atoms with Crippen molar-refractivity contribution in [2.45, 2.75) is 20.1 Å². The Labute approximate surface area is 118 Å². The Morgan fingerprint density at radius 3 is 2.89 bits per heavy atom. The van der Waals surface area contributed by atoms with Crippen molar-refractivity contribution in [2.75, 3.05) is 5.32 Å². The van der Waals surface area contributed by atoms with Crippen LogP contribution >= 0.6 is 22.9 Å². The van der Waals surface area contributed by atoms with Gasteiger partial charge in [0.05, 0.1) is 12.2 Å². The standard InChI is InChI=1S/C12H11ClF2N2OS/c1-7-2-3-9(10(4-7)18-12(14)15)16-5-8-6-17-11(13)19-8/h2-4,6,12,16H,5H2,1H3. The van der Waals surface area contributed by atoms with Crippen LogP contribution in [0.4, 0.5) is 14.5 Å². The van der Waals surface area contributed by atoms with Crippen LogP contribution < -0.4 is 10.1 Å². The molecule has 0 saturated heterocycles. The van der Waals surface area contributed by atoms with Crippen LogP contribution in [0.25, 0.3) is 0 Å². The van der Waals surface area contributed by atoms with Crippen molar-refractivity contribution in [1.29, 1.82) is 0 Å². The summed E-state index contributed by atoms with van der Waals surface area (Å²) >= 11 is 7.05. The summed E-state index contributed by atoms with van der Waals surface area (Å²) in [5.41, 5.74) is 1.36. The smallest absolute Gasteiger partial charge is 0.387 e. The van der Waals surface area contributed by atoms with Crippen molar-refractivity contribution in [3.05, 3.63) is 39.3 Å². The van der Waals surface area contributed by atoms with Gasteiger partial charge in [0.1, 0.15) is 5.75 Å². The molecule has 0 fully saturated rings. The molecule has 19 heavy (non-hydrogen) atoms. The Bertz CT molecular complexity index is 562. The molecule has 0 unspecified atom stereocenters. The summed E-state index contributed by atoms with van der Waals surface area (Å²) in [7, 11) is 0. The number of thiazole rings is 1. The number of aryl methyl sites for hydroxylation is 1. The number of anilines is 1. The van der Waals surface area contributed by atoms with Gasteiger partial charge in [-0.2, -0.15) is 8.78 Å². The highest BCUT2D eigenvalue weighted by molar-refractivity contribution is 7.15. The van der Waals surface area contributed by atoms with E-state index in [0.29, 0.717) is 16.7 Å². The molecule has 0 aliphatic heterocycles. The number of nitrogens with one attached hydrogen (secondary N) is 1. The molecule has 102 valence electrons.